The van der Waals surface area contributed by atoms with Gasteiger partial charge >= 0.3 is 11.9 Å². The van der Waals surface area contributed by atoms with E-state index in [0.29, 0.717) is 12.3 Å². The molecule has 0 aromatic heterocycles. The highest BCUT2D eigenvalue weighted by molar-refractivity contribution is 5.72. The minimum atomic E-state index is -1.07. The predicted octanol–water partition coefficient (Wildman–Crippen LogP) is 3.72. The molecule has 0 saturated carbocycles. The first-order valence-corrected chi connectivity index (χ1v) is 11.3. The van der Waals surface area contributed by atoms with E-state index in [2.05, 4.69) is 32.1 Å². The summed E-state index contributed by atoms with van der Waals surface area (Å²) in [4.78, 5) is 23.2. The number of carboxylic acid groups (broad SMARTS) is 1. The van der Waals surface area contributed by atoms with Crippen LogP contribution in [0, 0.1) is 29.6 Å². The summed E-state index contributed by atoms with van der Waals surface area (Å²) < 4.78 is 6.00. The van der Waals surface area contributed by atoms with E-state index >= 15 is 0 Å². The van der Waals surface area contributed by atoms with Crippen LogP contribution >= 0.6 is 0 Å². The predicted molar refractivity (Wildman–Crippen MR) is 115 cm³/mol. The van der Waals surface area contributed by atoms with Crippen molar-refractivity contribution in [3.63, 3.8) is 0 Å². The van der Waals surface area contributed by atoms with Gasteiger partial charge in [-0.2, -0.15) is 0 Å². The van der Waals surface area contributed by atoms with Crippen molar-refractivity contribution in [3.05, 3.63) is 23.8 Å². The van der Waals surface area contributed by atoms with Gasteiger partial charge in [0.05, 0.1) is 24.5 Å². The molecule has 0 bridgehead atoms. The number of aliphatic hydroxyl groups excluding tert-OH is 2. The summed E-state index contributed by atoms with van der Waals surface area (Å²) in [6, 6.07) is 0. The average molecular weight is 423 g/mol. The molecule has 3 N–H and O–H groups in total. The zero-order valence-electron chi connectivity index (χ0n) is 18.7. The Morgan fingerprint density at radius 1 is 1.23 bits per heavy atom. The van der Waals surface area contributed by atoms with Crippen LogP contribution in [-0.4, -0.2) is 45.6 Å². The average Bonchev–Trinajstić information content (AvgIpc) is 2.65. The second-order valence-electron chi connectivity index (χ2n) is 9.29. The topological polar surface area (TPSA) is 104 Å². The van der Waals surface area contributed by atoms with Crippen LogP contribution in [0.5, 0.6) is 0 Å². The molecule has 8 atom stereocenters. The molecule has 0 fully saturated rings. The van der Waals surface area contributed by atoms with Crippen molar-refractivity contribution in [1.82, 2.24) is 0 Å². The number of allylic oxidation sites excluding steroid dienone is 3. The number of aliphatic hydroxyl groups is 2. The van der Waals surface area contributed by atoms with Gasteiger partial charge in [0.2, 0.25) is 0 Å². The monoisotopic (exact) mass is 422 g/mol. The number of esters is 1. The smallest absolute Gasteiger partial charge is 0.308 e. The van der Waals surface area contributed by atoms with Crippen molar-refractivity contribution >= 4 is 11.9 Å². The molecule has 0 aliphatic heterocycles. The number of carboxylic acids is 1. The van der Waals surface area contributed by atoms with Crippen molar-refractivity contribution in [2.24, 2.45) is 29.6 Å². The Kier molecular flexibility index (Phi) is 9.10. The molecule has 30 heavy (non-hydrogen) atoms. The number of rotatable bonds is 10. The van der Waals surface area contributed by atoms with Gasteiger partial charge < -0.3 is 20.1 Å². The fourth-order valence-corrected chi connectivity index (χ4v) is 4.76. The summed E-state index contributed by atoms with van der Waals surface area (Å²) in [6.45, 7) is 8.16. The third-order valence-electron chi connectivity index (χ3n) is 6.67. The van der Waals surface area contributed by atoms with Crippen molar-refractivity contribution in [2.45, 2.75) is 84.5 Å². The molecule has 0 aromatic rings. The molecule has 0 heterocycles. The standard InChI is InChI=1S/C24H38O6/c1-5-15(3)24(29)30-21-11-14(2)10-17-7-6-16(4)20(23(17)21)9-8-18(25)12-19(26)13-22(27)28/h6-7,10,14-16,18-21,23,25-26H,5,8-9,11-13H2,1-4H3,(H,27,28)/t14-,15?,16-,18?,19?,20-,21-,23-/m1/s1. The molecular formula is C24H38O6. The van der Waals surface area contributed by atoms with Crippen LogP contribution in [0.3, 0.4) is 0 Å². The van der Waals surface area contributed by atoms with E-state index in [1.165, 1.54) is 5.57 Å². The van der Waals surface area contributed by atoms with E-state index in [1.807, 2.05) is 13.8 Å². The number of carbonyl (C=O) groups excluding carboxylic acids is 1. The van der Waals surface area contributed by atoms with Crippen LogP contribution in [0.25, 0.3) is 0 Å². The lowest BCUT2D eigenvalue weighted by atomic mass is 9.65. The van der Waals surface area contributed by atoms with Gasteiger partial charge in [-0.1, -0.05) is 45.9 Å². The fraction of sp³-hybridized carbons (Fsp3) is 0.750. The van der Waals surface area contributed by atoms with Crippen LogP contribution in [0.2, 0.25) is 0 Å². The Bertz CT molecular complexity index is 654. The largest absolute Gasteiger partial charge is 0.481 e. The third-order valence-corrected chi connectivity index (χ3v) is 6.67. The van der Waals surface area contributed by atoms with Gasteiger partial charge in [-0.3, -0.25) is 9.59 Å². The SMILES string of the molecule is CCC(C)C(=O)O[C@@H]1C[C@H](C)C=C2C=C[C@@H](C)[C@@H](CCC(O)CC(O)CC(=O)O)[C@@H]21. The number of carbonyl (C=O) groups is 2. The maximum absolute atomic E-state index is 12.5. The van der Waals surface area contributed by atoms with Gasteiger partial charge in [0.1, 0.15) is 6.10 Å². The van der Waals surface area contributed by atoms with Crippen LogP contribution in [0.1, 0.15) is 66.2 Å². The second kappa shape index (κ2) is 11.1. The molecule has 0 spiro atoms. The van der Waals surface area contributed by atoms with Crippen molar-refractivity contribution in [3.8, 4) is 0 Å². The Morgan fingerprint density at radius 2 is 1.93 bits per heavy atom. The van der Waals surface area contributed by atoms with E-state index < -0.39 is 18.2 Å². The Morgan fingerprint density at radius 3 is 2.57 bits per heavy atom. The lowest BCUT2D eigenvalue weighted by Gasteiger charge is -2.43. The van der Waals surface area contributed by atoms with Gasteiger partial charge in [0.15, 0.2) is 0 Å². The van der Waals surface area contributed by atoms with Gasteiger partial charge in [0.25, 0.3) is 0 Å². The Hall–Kier alpha value is -1.66. The fourth-order valence-electron chi connectivity index (χ4n) is 4.76. The first kappa shape index (κ1) is 24.6. The van der Waals surface area contributed by atoms with Gasteiger partial charge in [-0.15, -0.1) is 0 Å². The zero-order chi connectivity index (χ0) is 22.4. The van der Waals surface area contributed by atoms with Gasteiger partial charge in [-0.05, 0) is 55.4 Å². The van der Waals surface area contributed by atoms with E-state index in [4.69, 9.17) is 9.84 Å². The summed E-state index contributed by atoms with van der Waals surface area (Å²) in [6.07, 6.45) is 7.07. The highest BCUT2D eigenvalue weighted by atomic mass is 16.5. The molecule has 2 aliphatic carbocycles. The van der Waals surface area contributed by atoms with Crippen LogP contribution in [0.15, 0.2) is 23.8 Å². The van der Waals surface area contributed by atoms with Crippen molar-refractivity contribution in [2.75, 3.05) is 0 Å². The first-order chi connectivity index (χ1) is 14.1. The molecular weight excluding hydrogens is 384 g/mol. The summed E-state index contributed by atoms with van der Waals surface area (Å²) in [5.74, 6) is -0.406. The highest BCUT2D eigenvalue weighted by Gasteiger charge is 2.41. The Balaban J connectivity index is 2.09. The lowest BCUT2D eigenvalue weighted by Crippen LogP contribution is -2.41. The van der Waals surface area contributed by atoms with Crippen molar-refractivity contribution in [1.29, 1.82) is 0 Å². The molecule has 0 saturated heterocycles. The molecule has 0 radical (unpaired) electrons. The van der Waals surface area contributed by atoms with Crippen LogP contribution in [0.4, 0.5) is 0 Å². The number of ether oxygens (including phenoxy) is 1. The summed E-state index contributed by atoms with van der Waals surface area (Å²) in [7, 11) is 0. The molecule has 0 aromatic carbocycles. The van der Waals surface area contributed by atoms with E-state index in [1.54, 1.807) is 0 Å². The lowest BCUT2D eigenvalue weighted by molar-refractivity contribution is -0.158. The Labute approximate surface area is 180 Å². The quantitative estimate of drug-likeness (QED) is 0.464. The number of hydrogen-bond donors (Lipinski definition) is 3. The zero-order valence-corrected chi connectivity index (χ0v) is 18.7. The van der Waals surface area contributed by atoms with E-state index in [9.17, 15) is 19.8 Å². The van der Waals surface area contributed by atoms with Crippen LogP contribution < -0.4 is 0 Å². The molecule has 2 rings (SSSR count). The number of hydrogen-bond acceptors (Lipinski definition) is 5. The first-order valence-electron chi connectivity index (χ1n) is 11.3. The highest BCUT2D eigenvalue weighted by Crippen LogP contribution is 2.45. The minimum absolute atomic E-state index is 0.0556. The molecule has 6 heteroatoms. The summed E-state index contributed by atoms with van der Waals surface area (Å²) in [5, 5.41) is 28.9. The second-order valence-corrected chi connectivity index (χ2v) is 9.29. The van der Waals surface area contributed by atoms with Gasteiger partial charge in [-0.25, -0.2) is 0 Å². The molecule has 170 valence electrons. The maximum Gasteiger partial charge on any atom is 0.308 e. The maximum atomic E-state index is 12.5. The molecule has 0 amide bonds. The summed E-state index contributed by atoms with van der Waals surface area (Å²) >= 11 is 0. The summed E-state index contributed by atoms with van der Waals surface area (Å²) in [5.41, 5.74) is 1.21. The van der Waals surface area contributed by atoms with Crippen LogP contribution in [-0.2, 0) is 14.3 Å². The van der Waals surface area contributed by atoms with E-state index in [0.717, 1.165) is 19.3 Å². The molecule has 6 nitrogen and oxygen atoms in total. The number of fused-ring (bicyclic) bond motifs is 1. The minimum Gasteiger partial charge on any atom is -0.481 e. The van der Waals surface area contributed by atoms with E-state index in [-0.39, 0.29) is 48.6 Å². The third kappa shape index (κ3) is 6.67. The number of aliphatic carboxylic acids is 1. The molecule has 2 aliphatic rings. The van der Waals surface area contributed by atoms with Crippen molar-refractivity contribution < 1.29 is 29.6 Å². The normalized spacial score (nSPS) is 31.3. The molecule has 3 unspecified atom stereocenters. The van der Waals surface area contributed by atoms with Gasteiger partial charge in [0, 0.05) is 5.92 Å².